The smallest absolute Gasteiger partial charge is 0.271 e. The van der Waals surface area contributed by atoms with Crippen LogP contribution in [0.5, 0.6) is 0 Å². The van der Waals surface area contributed by atoms with Crippen molar-refractivity contribution in [1.29, 1.82) is 0 Å². The Hall–Kier alpha value is -0.620. The number of carbonyl (C=O) groups excluding carboxylic acids is 1. The molecule has 0 unspecified atom stereocenters. The first-order chi connectivity index (χ1) is 7.29. The summed E-state index contributed by atoms with van der Waals surface area (Å²) < 4.78 is 0.967. The zero-order valence-electron chi connectivity index (χ0n) is 8.28. The lowest BCUT2D eigenvalue weighted by atomic mass is 10.2. The Bertz CT molecular complexity index is 361. The Balaban J connectivity index is 2.16. The average Bonchev–Trinajstić information content (AvgIpc) is 2.30. The van der Waals surface area contributed by atoms with E-state index in [1.807, 2.05) is 24.3 Å². The molecule has 80 valence electrons. The molecule has 0 radical (unpaired) electrons. The number of hydrogen-bond donors (Lipinski definition) is 0. The molecule has 4 heteroatoms. The summed E-state index contributed by atoms with van der Waals surface area (Å²) in [6, 6.07) is 7.56. The summed E-state index contributed by atoms with van der Waals surface area (Å²) in [5, 5.41) is 1.47. The summed E-state index contributed by atoms with van der Waals surface area (Å²) in [5.74, 6) is -0.0281. The molecule has 1 aromatic carbocycles. The molecule has 0 bridgehead atoms. The molecular formula is C11H12INO2. The molecule has 1 aliphatic heterocycles. The highest BCUT2D eigenvalue weighted by atomic mass is 127. The van der Waals surface area contributed by atoms with E-state index in [9.17, 15) is 4.79 Å². The molecule has 2 rings (SSSR count). The summed E-state index contributed by atoms with van der Waals surface area (Å²) >= 11 is 2.17. The first-order valence-electron chi connectivity index (χ1n) is 4.98. The highest BCUT2D eigenvalue weighted by Crippen LogP contribution is 2.16. The maximum atomic E-state index is 12.0. The fraction of sp³-hybridized carbons (Fsp3) is 0.364. The lowest BCUT2D eigenvalue weighted by Crippen LogP contribution is -2.36. The van der Waals surface area contributed by atoms with Gasteiger partial charge in [0.2, 0.25) is 0 Å². The van der Waals surface area contributed by atoms with E-state index in [2.05, 4.69) is 22.6 Å². The Morgan fingerprint density at radius 3 is 2.80 bits per heavy atom. The fourth-order valence-electron chi connectivity index (χ4n) is 1.53. The van der Waals surface area contributed by atoms with Crippen molar-refractivity contribution in [3.05, 3.63) is 33.4 Å². The molecule has 0 spiro atoms. The predicted molar refractivity (Wildman–Crippen MR) is 65.4 cm³/mol. The number of nitrogens with zero attached hydrogens (tertiary/aromatic N) is 1. The van der Waals surface area contributed by atoms with Gasteiger partial charge in [0.15, 0.2) is 0 Å². The second kappa shape index (κ2) is 4.94. The lowest BCUT2D eigenvalue weighted by Gasteiger charge is -2.26. The first kappa shape index (κ1) is 10.9. The van der Waals surface area contributed by atoms with Crippen LogP contribution in [0.15, 0.2) is 24.3 Å². The quantitative estimate of drug-likeness (QED) is 0.745. The van der Waals surface area contributed by atoms with Crippen molar-refractivity contribution in [1.82, 2.24) is 5.06 Å². The van der Waals surface area contributed by atoms with Crippen molar-refractivity contribution in [3.63, 3.8) is 0 Å². The number of halogens is 1. The summed E-state index contributed by atoms with van der Waals surface area (Å²) in [5.41, 5.74) is 0.722. The normalized spacial score (nSPS) is 16.5. The maximum Gasteiger partial charge on any atom is 0.278 e. The molecule has 1 fully saturated rings. The van der Waals surface area contributed by atoms with Gasteiger partial charge in [0, 0.05) is 10.1 Å². The van der Waals surface area contributed by atoms with Crippen LogP contribution in [0.4, 0.5) is 0 Å². The molecular weight excluding hydrogens is 305 g/mol. The van der Waals surface area contributed by atoms with E-state index in [0.717, 1.165) is 22.0 Å². The Kier molecular flexibility index (Phi) is 3.58. The second-order valence-electron chi connectivity index (χ2n) is 3.43. The molecule has 1 aliphatic rings. The van der Waals surface area contributed by atoms with E-state index in [1.54, 1.807) is 0 Å². The van der Waals surface area contributed by atoms with Gasteiger partial charge >= 0.3 is 0 Å². The van der Waals surface area contributed by atoms with Gasteiger partial charge in [-0.1, -0.05) is 12.1 Å². The fourth-order valence-corrected chi connectivity index (χ4v) is 2.14. The number of rotatable bonds is 1. The molecule has 0 aromatic heterocycles. The van der Waals surface area contributed by atoms with Crippen LogP contribution in [-0.2, 0) is 4.84 Å². The molecule has 15 heavy (non-hydrogen) atoms. The standard InChI is InChI=1S/C11H12INO2/c12-10-6-2-1-5-9(10)11(14)13-7-3-4-8-15-13/h1-2,5-6H,3-4,7-8H2. The minimum atomic E-state index is -0.0281. The Labute approximate surface area is 103 Å². The average molecular weight is 317 g/mol. The largest absolute Gasteiger partial charge is 0.278 e. The Morgan fingerprint density at radius 1 is 1.33 bits per heavy atom. The molecule has 1 aromatic rings. The van der Waals surface area contributed by atoms with Gasteiger partial charge in [-0.3, -0.25) is 9.63 Å². The van der Waals surface area contributed by atoms with E-state index in [1.165, 1.54) is 5.06 Å². The minimum Gasteiger partial charge on any atom is -0.271 e. The van der Waals surface area contributed by atoms with Gasteiger partial charge in [-0.25, -0.2) is 5.06 Å². The first-order valence-corrected chi connectivity index (χ1v) is 6.06. The summed E-state index contributed by atoms with van der Waals surface area (Å²) in [6.45, 7) is 1.35. The van der Waals surface area contributed by atoms with Gasteiger partial charge < -0.3 is 0 Å². The number of carbonyl (C=O) groups is 1. The number of hydroxylamine groups is 2. The van der Waals surface area contributed by atoms with E-state index >= 15 is 0 Å². The molecule has 1 amide bonds. The molecule has 1 heterocycles. The zero-order chi connectivity index (χ0) is 10.7. The highest BCUT2D eigenvalue weighted by Gasteiger charge is 2.20. The molecule has 0 aliphatic carbocycles. The van der Waals surface area contributed by atoms with Gasteiger partial charge in [0.05, 0.1) is 12.2 Å². The van der Waals surface area contributed by atoms with Crippen LogP contribution in [0.3, 0.4) is 0 Å². The van der Waals surface area contributed by atoms with Crippen LogP contribution in [0.1, 0.15) is 23.2 Å². The van der Waals surface area contributed by atoms with Gasteiger partial charge in [-0.2, -0.15) is 0 Å². The van der Waals surface area contributed by atoms with E-state index < -0.39 is 0 Å². The third-order valence-electron chi connectivity index (χ3n) is 2.33. The molecule has 1 saturated heterocycles. The van der Waals surface area contributed by atoms with Crippen molar-refractivity contribution >= 4 is 28.5 Å². The van der Waals surface area contributed by atoms with Gasteiger partial charge in [-0.15, -0.1) is 0 Å². The van der Waals surface area contributed by atoms with Crippen LogP contribution in [0.25, 0.3) is 0 Å². The predicted octanol–water partition coefficient (Wildman–Crippen LogP) is 2.46. The van der Waals surface area contributed by atoms with Crippen molar-refractivity contribution in [3.8, 4) is 0 Å². The number of hydrogen-bond acceptors (Lipinski definition) is 2. The lowest BCUT2D eigenvalue weighted by molar-refractivity contribution is -0.144. The van der Waals surface area contributed by atoms with E-state index in [-0.39, 0.29) is 5.91 Å². The summed E-state index contributed by atoms with van der Waals surface area (Å²) in [6.07, 6.45) is 2.06. The molecule has 0 N–H and O–H groups in total. The van der Waals surface area contributed by atoms with Gasteiger partial charge in [0.1, 0.15) is 0 Å². The maximum absolute atomic E-state index is 12.0. The second-order valence-corrected chi connectivity index (χ2v) is 4.59. The number of benzene rings is 1. The van der Waals surface area contributed by atoms with Crippen molar-refractivity contribution in [2.75, 3.05) is 13.2 Å². The molecule has 3 nitrogen and oxygen atoms in total. The topological polar surface area (TPSA) is 29.5 Å². The Morgan fingerprint density at radius 2 is 2.13 bits per heavy atom. The molecule has 0 atom stereocenters. The third kappa shape index (κ3) is 2.49. The minimum absolute atomic E-state index is 0.0281. The number of amides is 1. The van der Waals surface area contributed by atoms with E-state index in [0.29, 0.717) is 13.2 Å². The van der Waals surface area contributed by atoms with Crippen LogP contribution in [0.2, 0.25) is 0 Å². The van der Waals surface area contributed by atoms with E-state index in [4.69, 9.17) is 4.84 Å². The van der Waals surface area contributed by atoms with Crippen LogP contribution in [0, 0.1) is 3.57 Å². The van der Waals surface area contributed by atoms with Crippen LogP contribution in [-0.4, -0.2) is 24.1 Å². The molecule has 0 saturated carbocycles. The van der Waals surface area contributed by atoms with Gasteiger partial charge in [0.25, 0.3) is 5.91 Å². The van der Waals surface area contributed by atoms with Crippen LogP contribution < -0.4 is 0 Å². The van der Waals surface area contributed by atoms with Gasteiger partial charge in [-0.05, 0) is 47.6 Å². The SMILES string of the molecule is O=C(c1ccccc1I)N1CCCCO1. The zero-order valence-corrected chi connectivity index (χ0v) is 10.4. The monoisotopic (exact) mass is 317 g/mol. The van der Waals surface area contributed by atoms with Crippen molar-refractivity contribution in [2.45, 2.75) is 12.8 Å². The van der Waals surface area contributed by atoms with Crippen molar-refractivity contribution in [2.24, 2.45) is 0 Å². The van der Waals surface area contributed by atoms with Crippen LogP contribution >= 0.6 is 22.6 Å². The third-order valence-corrected chi connectivity index (χ3v) is 3.27. The highest BCUT2D eigenvalue weighted by molar-refractivity contribution is 14.1. The summed E-state index contributed by atoms with van der Waals surface area (Å²) in [7, 11) is 0. The summed E-state index contributed by atoms with van der Waals surface area (Å²) in [4.78, 5) is 17.3. The van der Waals surface area contributed by atoms with Crippen molar-refractivity contribution < 1.29 is 9.63 Å².